The van der Waals surface area contributed by atoms with Crippen molar-refractivity contribution >= 4 is 33.3 Å². The van der Waals surface area contributed by atoms with E-state index in [2.05, 4.69) is 31.1 Å². The van der Waals surface area contributed by atoms with Crippen molar-refractivity contribution in [2.45, 2.75) is 68.6 Å². The Bertz CT molecular complexity index is 1220. The van der Waals surface area contributed by atoms with Gasteiger partial charge in [-0.3, -0.25) is 9.59 Å². The highest BCUT2D eigenvalue weighted by Crippen LogP contribution is 2.36. The van der Waals surface area contributed by atoms with Gasteiger partial charge in [0.15, 0.2) is 9.84 Å². The molecule has 2 aromatic rings. The largest absolute Gasteiger partial charge is 0.340 e. The van der Waals surface area contributed by atoms with Crippen LogP contribution in [0.1, 0.15) is 49.9 Å². The van der Waals surface area contributed by atoms with E-state index in [-0.39, 0.29) is 35.6 Å². The zero-order valence-corrected chi connectivity index (χ0v) is 23.2. The van der Waals surface area contributed by atoms with Crippen molar-refractivity contribution in [1.29, 1.82) is 0 Å². The molecule has 1 saturated carbocycles. The number of hydrogen-bond acceptors (Lipinski definition) is 5. The van der Waals surface area contributed by atoms with Crippen LogP contribution in [0, 0.1) is 5.92 Å². The lowest BCUT2D eigenvalue weighted by Gasteiger charge is -2.44. The number of carbonyl (C=O) groups excluding carboxylic acids is 2. The van der Waals surface area contributed by atoms with Gasteiger partial charge in [0.05, 0.1) is 21.2 Å². The third-order valence-electron chi connectivity index (χ3n) is 7.90. The van der Waals surface area contributed by atoms with E-state index in [0.717, 1.165) is 12.8 Å². The zero-order chi connectivity index (χ0) is 26.7. The smallest absolute Gasteiger partial charge is 0.253 e. The average molecular weight is 546 g/mol. The van der Waals surface area contributed by atoms with Gasteiger partial charge < -0.3 is 15.1 Å². The van der Waals surface area contributed by atoms with Crippen molar-refractivity contribution in [3.63, 3.8) is 0 Å². The fourth-order valence-electron chi connectivity index (χ4n) is 5.66. The maximum Gasteiger partial charge on any atom is 0.253 e. The van der Waals surface area contributed by atoms with Crippen LogP contribution >= 0.6 is 11.6 Å². The van der Waals surface area contributed by atoms with Crippen LogP contribution in [0.15, 0.2) is 59.5 Å². The van der Waals surface area contributed by atoms with Gasteiger partial charge in [-0.05, 0) is 76.8 Å². The summed E-state index contributed by atoms with van der Waals surface area (Å²) in [5, 5.41) is 3.18. The molecule has 2 amide bonds. The minimum absolute atomic E-state index is 0.00938. The van der Waals surface area contributed by atoms with E-state index in [1.54, 1.807) is 54.6 Å². The highest BCUT2D eigenvalue weighted by atomic mass is 35.5. The molecule has 4 atom stereocenters. The molecule has 2 fully saturated rings. The molecule has 1 aliphatic heterocycles. The molecule has 0 bridgehead atoms. The van der Waals surface area contributed by atoms with E-state index in [9.17, 15) is 18.0 Å². The zero-order valence-electron chi connectivity index (χ0n) is 21.6. The van der Waals surface area contributed by atoms with Crippen LogP contribution in [-0.2, 0) is 14.6 Å². The Hall–Kier alpha value is -2.42. The molecule has 0 spiro atoms. The SMILES string of the molecule is CC(C)N(C)[C@@H]1CC[C@H](N2CC[C@H](NC(=O)c3ccccc3Cl)C2=O)[C@H](CS(=O)(=O)c2ccccc2)C1. The van der Waals surface area contributed by atoms with Gasteiger partial charge in [0.25, 0.3) is 5.91 Å². The lowest BCUT2D eigenvalue weighted by Crippen LogP contribution is -2.53. The molecule has 4 rings (SSSR count). The van der Waals surface area contributed by atoms with Crippen LogP contribution in [0.2, 0.25) is 5.02 Å². The number of hydrogen-bond donors (Lipinski definition) is 1. The molecule has 9 heteroatoms. The van der Waals surface area contributed by atoms with Gasteiger partial charge in [0.1, 0.15) is 6.04 Å². The Kier molecular flexibility index (Phi) is 8.61. The van der Waals surface area contributed by atoms with Gasteiger partial charge in [0, 0.05) is 24.7 Å². The van der Waals surface area contributed by atoms with Crippen molar-refractivity contribution in [3.05, 3.63) is 65.2 Å². The lowest BCUT2D eigenvalue weighted by atomic mass is 9.81. The number of nitrogens with one attached hydrogen (secondary N) is 1. The van der Waals surface area contributed by atoms with Crippen LogP contribution in [0.5, 0.6) is 0 Å². The molecule has 2 aromatic carbocycles. The van der Waals surface area contributed by atoms with E-state index in [4.69, 9.17) is 11.6 Å². The first-order valence-electron chi connectivity index (χ1n) is 12.9. The molecule has 0 radical (unpaired) electrons. The molecule has 1 heterocycles. The third-order valence-corrected chi connectivity index (χ3v) is 10.1. The van der Waals surface area contributed by atoms with Gasteiger partial charge >= 0.3 is 0 Å². The number of nitrogens with zero attached hydrogens (tertiary/aromatic N) is 2. The van der Waals surface area contributed by atoms with E-state index in [1.807, 2.05) is 4.90 Å². The molecule has 37 heavy (non-hydrogen) atoms. The number of carbonyl (C=O) groups is 2. The molecular formula is C28H36ClN3O4S. The van der Waals surface area contributed by atoms with Crippen molar-refractivity contribution in [2.24, 2.45) is 5.92 Å². The second kappa shape index (κ2) is 11.5. The normalized spacial score (nSPS) is 24.6. The topological polar surface area (TPSA) is 86.8 Å². The molecule has 7 nitrogen and oxygen atoms in total. The summed E-state index contributed by atoms with van der Waals surface area (Å²) < 4.78 is 26.7. The molecule has 0 unspecified atom stereocenters. The fraction of sp³-hybridized carbons (Fsp3) is 0.500. The monoisotopic (exact) mass is 545 g/mol. The predicted molar refractivity (Wildman–Crippen MR) is 145 cm³/mol. The number of amides is 2. The fourth-order valence-corrected chi connectivity index (χ4v) is 7.56. The molecular weight excluding hydrogens is 510 g/mol. The first-order chi connectivity index (χ1) is 17.6. The molecule has 200 valence electrons. The van der Waals surface area contributed by atoms with Gasteiger partial charge in [-0.15, -0.1) is 0 Å². The highest BCUT2D eigenvalue weighted by molar-refractivity contribution is 7.91. The number of halogens is 1. The van der Waals surface area contributed by atoms with Gasteiger partial charge in [-0.1, -0.05) is 41.9 Å². The Morgan fingerprint density at radius 3 is 2.43 bits per heavy atom. The summed E-state index contributed by atoms with van der Waals surface area (Å²) in [5.74, 6) is -0.739. The molecule has 1 saturated heterocycles. The summed E-state index contributed by atoms with van der Waals surface area (Å²) in [4.78, 5) is 30.7. The molecule has 2 aliphatic rings. The Morgan fingerprint density at radius 1 is 1.08 bits per heavy atom. The van der Waals surface area contributed by atoms with Gasteiger partial charge in [0.2, 0.25) is 5.91 Å². The van der Waals surface area contributed by atoms with Crippen molar-refractivity contribution in [3.8, 4) is 0 Å². The molecule has 0 aromatic heterocycles. The first kappa shape index (κ1) is 27.6. The molecule has 1 N–H and O–H groups in total. The van der Waals surface area contributed by atoms with Crippen molar-refractivity contribution < 1.29 is 18.0 Å². The number of likely N-dealkylation sites (tertiary alicyclic amines) is 1. The van der Waals surface area contributed by atoms with Crippen LogP contribution in [0.3, 0.4) is 0 Å². The maximum atomic E-state index is 13.5. The standard InChI is InChI=1S/C28H36ClN3O4S/c1-19(2)31(3)21-13-14-26(20(17-21)18-37(35,36)22-9-5-4-6-10-22)32-16-15-25(28(32)34)30-27(33)23-11-7-8-12-24(23)29/h4-12,19-21,25-26H,13-18H2,1-3H3,(H,30,33)/t20-,21+,25-,26-/m0/s1. The van der Waals surface area contributed by atoms with E-state index in [1.165, 1.54) is 0 Å². The van der Waals surface area contributed by atoms with Crippen LogP contribution in [0.4, 0.5) is 0 Å². The summed E-state index contributed by atoms with van der Waals surface area (Å²) in [7, 11) is -1.44. The highest BCUT2D eigenvalue weighted by Gasteiger charge is 2.44. The second-order valence-electron chi connectivity index (χ2n) is 10.5. The Morgan fingerprint density at radius 2 is 1.76 bits per heavy atom. The first-order valence-corrected chi connectivity index (χ1v) is 15.0. The summed E-state index contributed by atoms with van der Waals surface area (Å²) in [6.07, 6.45) is 2.81. The van der Waals surface area contributed by atoms with E-state index < -0.39 is 15.9 Å². The van der Waals surface area contributed by atoms with Gasteiger partial charge in [-0.25, -0.2) is 8.42 Å². The van der Waals surface area contributed by atoms with Crippen LogP contribution in [-0.4, -0.2) is 73.5 Å². The minimum atomic E-state index is -3.52. The lowest BCUT2D eigenvalue weighted by molar-refractivity contribution is -0.133. The average Bonchev–Trinajstić information content (AvgIpc) is 3.23. The van der Waals surface area contributed by atoms with E-state index >= 15 is 0 Å². The van der Waals surface area contributed by atoms with Crippen molar-refractivity contribution in [1.82, 2.24) is 15.1 Å². The summed E-state index contributed by atoms with van der Waals surface area (Å²) in [6.45, 7) is 4.76. The molecule has 1 aliphatic carbocycles. The number of rotatable bonds is 8. The summed E-state index contributed by atoms with van der Waals surface area (Å²) in [5.41, 5.74) is 0.333. The van der Waals surface area contributed by atoms with Gasteiger partial charge in [-0.2, -0.15) is 0 Å². The maximum absolute atomic E-state index is 13.5. The predicted octanol–water partition coefficient (Wildman–Crippen LogP) is 4.02. The van der Waals surface area contributed by atoms with Crippen LogP contribution in [0.25, 0.3) is 0 Å². The number of sulfone groups is 1. The Balaban J connectivity index is 1.52. The quantitative estimate of drug-likeness (QED) is 0.541. The second-order valence-corrected chi connectivity index (χ2v) is 12.9. The van der Waals surface area contributed by atoms with Crippen molar-refractivity contribution in [2.75, 3.05) is 19.3 Å². The van der Waals surface area contributed by atoms with Crippen LogP contribution < -0.4 is 5.32 Å². The number of benzene rings is 2. The Labute approximate surface area is 225 Å². The van der Waals surface area contributed by atoms with E-state index in [0.29, 0.717) is 40.9 Å². The summed E-state index contributed by atoms with van der Waals surface area (Å²) in [6, 6.07) is 15.0. The minimum Gasteiger partial charge on any atom is -0.340 e. The third kappa shape index (κ3) is 6.19. The summed E-state index contributed by atoms with van der Waals surface area (Å²) >= 11 is 6.17.